The van der Waals surface area contributed by atoms with Crippen LogP contribution in [0.4, 0.5) is 19.1 Å². The van der Waals surface area contributed by atoms with Gasteiger partial charge in [-0.15, -0.1) is 11.3 Å². The second kappa shape index (κ2) is 6.74. The molecule has 0 N–H and O–H groups in total. The van der Waals surface area contributed by atoms with Crippen LogP contribution < -0.4 is 20.1 Å². The van der Waals surface area contributed by atoms with E-state index >= 15 is 0 Å². The Labute approximate surface area is 172 Å². The summed E-state index contributed by atoms with van der Waals surface area (Å²) in [5.74, 6) is -0.291. The van der Waals surface area contributed by atoms with Crippen LogP contribution in [-0.4, -0.2) is 23.1 Å². The molecule has 0 aliphatic carbocycles. The molecule has 4 rings (SSSR count). The molecule has 29 heavy (non-hydrogen) atoms. The molecule has 11 heteroatoms. The molecular weight excluding hydrogens is 429 g/mol. The van der Waals surface area contributed by atoms with Crippen LogP contribution in [-0.2, 0) is 13.2 Å². The lowest BCUT2D eigenvalue weighted by Crippen LogP contribution is -2.44. The number of benzene rings is 1. The van der Waals surface area contributed by atoms with E-state index in [0.29, 0.717) is 17.0 Å². The molecule has 3 aromatic rings. The zero-order valence-electron chi connectivity index (χ0n) is 15.2. The molecule has 1 aromatic carbocycles. The van der Waals surface area contributed by atoms with Crippen molar-refractivity contribution >= 4 is 28.9 Å². The molecule has 0 fully saturated rings. The Hall–Kier alpha value is -2.59. The van der Waals surface area contributed by atoms with E-state index in [1.807, 2.05) is 0 Å². The molecule has 1 aliphatic rings. The number of thiazole rings is 1. The molecule has 0 bridgehead atoms. The molecule has 0 saturated heterocycles. The van der Waals surface area contributed by atoms with Crippen molar-refractivity contribution in [3.8, 4) is 17.0 Å². The van der Waals surface area contributed by atoms with Gasteiger partial charge in [0.2, 0.25) is 0 Å². The molecule has 3 heterocycles. The Bertz CT molecular complexity index is 1170. The van der Waals surface area contributed by atoms with E-state index in [1.165, 1.54) is 39.7 Å². The predicted octanol–water partition coefficient (Wildman–Crippen LogP) is 2.58. The number of aromatic nitrogens is 3. The third-order valence-electron chi connectivity index (χ3n) is 4.87. The Balaban J connectivity index is 1.97. The van der Waals surface area contributed by atoms with Gasteiger partial charge in [0.25, 0.3) is 0 Å². The smallest absolute Gasteiger partial charge is 0.416 e. The summed E-state index contributed by atoms with van der Waals surface area (Å²) in [6.07, 6.45) is -3.03. The minimum atomic E-state index is -4.59. The fourth-order valence-electron chi connectivity index (χ4n) is 3.60. The SMILES string of the molecule is CN1C[C@@H](c2cnc(Cl)s2)n2c1[n+](C)c([O-])c(-c1cccc(C(F)(F)F)c1)c2=O. The standard InChI is InChI=1S/C18H14ClF3N4O2S/c1-24-8-11(12-7-23-16(19)29-12)26-15(28)13(14(27)25(2)17(24)26)9-4-3-5-10(6-9)18(20,21)22/h3-7,11H,8H2,1-2H3/t11-/m0/s1. The summed E-state index contributed by atoms with van der Waals surface area (Å²) in [6, 6.07) is 3.78. The van der Waals surface area contributed by atoms with Crippen LogP contribution in [0.15, 0.2) is 35.3 Å². The molecule has 0 unspecified atom stereocenters. The van der Waals surface area contributed by atoms with Gasteiger partial charge < -0.3 is 5.11 Å². The van der Waals surface area contributed by atoms with Crippen LogP contribution in [0, 0.1) is 0 Å². The first kappa shape index (κ1) is 19.7. The Morgan fingerprint density at radius 2 is 2.10 bits per heavy atom. The summed E-state index contributed by atoms with van der Waals surface area (Å²) in [4.78, 5) is 19.8. The van der Waals surface area contributed by atoms with Crippen molar-refractivity contribution in [1.29, 1.82) is 0 Å². The molecule has 6 nitrogen and oxygen atoms in total. The highest BCUT2D eigenvalue weighted by Gasteiger charge is 2.40. The maximum absolute atomic E-state index is 13.3. The molecule has 0 saturated carbocycles. The van der Waals surface area contributed by atoms with Gasteiger partial charge >= 0.3 is 17.7 Å². The van der Waals surface area contributed by atoms with E-state index in [4.69, 9.17) is 11.6 Å². The zero-order valence-corrected chi connectivity index (χ0v) is 16.8. The Kier molecular flexibility index (Phi) is 4.58. The van der Waals surface area contributed by atoms with E-state index < -0.39 is 29.2 Å². The first-order valence-corrected chi connectivity index (χ1v) is 9.64. The Morgan fingerprint density at radius 1 is 1.38 bits per heavy atom. The minimum absolute atomic E-state index is 0.0728. The van der Waals surface area contributed by atoms with E-state index in [0.717, 1.165) is 17.0 Å². The molecule has 0 spiro atoms. The molecule has 1 aliphatic heterocycles. The fraction of sp³-hybridized carbons (Fsp3) is 0.278. The van der Waals surface area contributed by atoms with Gasteiger partial charge in [-0.25, -0.2) is 9.55 Å². The van der Waals surface area contributed by atoms with Crippen LogP contribution in [0.1, 0.15) is 16.5 Å². The molecule has 1 atom stereocenters. The van der Waals surface area contributed by atoms with Crippen LogP contribution in [0.3, 0.4) is 0 Å². The summed E-state index contributed by atoms with van der Waals surface area (Å²) < 4.78 is 42.4. The lowest BCUT2D eigenvalue weighted by molar-refractivity contribution is -0.705. The van der Waals surface area contributed by atoms with Crippen molar-refractivity contribution in [3.63, 3.8) is 0 Å². The summed E-state index contributed by atoms with van der Waals surface area (Å²) in [5, 5.41) is 12.9. The molecule has 152 valence electrons. The van der Waals surface area contributed by atoms with E-state index in [1.54, 1.807) is 18.1 Å². The summed E-state index contributed by atoms with van der Waals surface area (Å²) in [5.41, 5.74) is -1.96. The van der Waals surface area contributed by atoms with Crippen molar-refractivity contribution in [3.05, 3.63) is 55.7 Å². The third kappa shape index (κ3) is 3.16. The zero-order chi connectivity index (χ0) is 21.1. The van der Waals surface area contributed by atoms with Crippen LogP contribution in [0.2, 0.25) is 4.47 Å². The number of fused-ring (bicyclic) bond motifs is 1. The molecular formula is C18H14ClF3N4O2S. The lowest BCUT2D eigenvalue weighted by atomic mass is 10.0. The fourth-order valence-corrected chi connectivity index (χ4v) is 4.64. The van der Waals surface area contributed by atoms with Gasteiger partial charge in [0, 0.05) is 12.1 Å². The van der Waals surface area contributed by atoms with Crippen LogP contribution >= 0.6 is 22.9 Å². The first-order valence-electron chi connectivity index (χ1n) is 8.45. The molecule has 0 amide bonds. The average molecular weight is 443 g/mol. The van der Waals surface area contributed by atoms with Crippen molar-refractivity contribution < 1.29 is 22.8 Å². The lowest BCUT2D eigenvalue weighted by Gasteiger charge is -2.19. The van der Waals surface area contributed by atoms with E-state index in [-0.39, 0.29) is 11.1 Å². The second-order valence-electron chi connectivity index (χ2n) is 6.70. The highest BCUT2D eigenvalue weighted by molar-refractivity contribution is 7.15. The monoisotopic (exact) mass is 442 g/mol. The van der Waals surface area contributed by atoms with Gasteiger partial charge in [-0.1, -0.05) is 23.7 Å². The number of alkyl halides is 3. The summed E-state index contributed by atoms with van der Waals surface area (Å²) in [6.45, 7) is 0.396. The number of likely N-dealkylation sites (N-methyl/N-ethyl adjacent to an activating group) is 1. The van der Waals surface area contributed by atoms with E-state index in [2.05, 4.69) is 4.98 Å². The van der Waals surface area contributed by atoms with Crippen molar-refractivity contribution in [2.24, 2.45) is 7.05 Å². The quantitative estimate of drug-likeness (QED) is 0.572. The van der Waals surface area contributed by atoms with Gasteiger partial charge in [-0.2, -0.15) is 17.7 Å². The normalized spacial score (nSPS) is 16.3. The number of nitrogens with zero attached hydrogens (tertiary/aromatic N) is 4. The van der Waals surface area contributed by atoms with Crippen LogP contribution in [0.5, 0.6) is 5.88 Å². The van der Waals surface area contributed by atoms with Crippen molar-refractivity contribution in [2.45, 2.75) is 12.2 Å². The summed E-state index contributed by atoms with van der Waals surface area (Å²) >= 11 is 7.14. The largest absolute Gasteiger partial charge is 0.848 e. The second-order valence-corrected chi connectivity index (χ2v) is 8.35. The van der Waals surface area contributed by atoms with Crippen LogP contribution in [0.25, 0.3) is 11.1 Å². The first-order chi connectivity index (χ1) is 13.6. The van der Waals surface area contributed by atoms with Crippen molar-refractivity contribution in [2.75, 3.05) is 18.5 Å². The number of halogens is 4. The highest BCUT2D eigenvalue weighted by atomic mass is 35.5. The van der Waals surface area contributed by atoms with Gasteiger partial charge in [-0.05, 0) is 17.7 Å². The highest BCUT2D eigenvalue weighted by Crippen LogP contribution is 2.36. The van der Waals surface area contributed by atoms with E-state index in [9.17, 15) is 23.1 Å². The number of hydrogen-bond acceptors (Lipinski definition) is 5. The van der Waals surface area contributed by atoms with Gasteiger partial charge in [0.15, 0.2) is 10.5 Å². The number of hydrogen-bond donors (Lipinski definition) is 0. The third-order valence-corrected chi connectivity index (χ3v) is 6.08. The van der Waals surface area contributed by atoms with Gasteiger partial charge in [-0.3, -0.25) is 9.69 Å². The maximum Gasteiger partial charge on any atom is 0.416 e. The molecule has 0 radical (unpaired) electrons. The summed E-state index contributed by atoms with van der Waals surface area (Å²) in [7, 11) is 3.22. The topological polar surface area (TPSA) is 65.1 Å². The average Bonchev–Trinajstić information content (AvgIpc) is 3.23. The van der Waals surface area contributed by atoms with Crippen molar-refractivity contribution in [1.82, 2.24) is 9.55 Å². The van der Waals surface area contributed by atoms with Gasteiger partial charge in [0.1, 0.15) is 6.54 Å². The number of rotatable bonds is 2. The predicted molar refractivity (Wildman–Crippen MR) is 100 cm³/mol. The molecule has 2 aromatic heterocycles. The van der Waals surface area contributed by atoms with Gasteiger partial charge in [0.05, 0.1) is 30.1 Å². The Morgan fingerprint density at radius 3 is 2.72 bits per heavy atom. The number of anilines is 1. The minimum Gasteiger partial charge on any atom is -0.848 e. The maximum atomic E-state index is 13.3.